The van der Waals surface area contributed by atoms with E-state index in [9.17, 15) is 4.79 Å². The van der Waals surface area contributed by atoms with Crippen LogP contribution in [0, 0.1) is 6.92 Å². The Balaban J connectivity index is 1.47. The molecule has 1 N–H and O–H groups in total. The van der Waals surface area contributed by atoms with Crippen LogP contribution >= 0.6 is 23.4 Å². The first-order valence-electron chi connectivity index (χ1n) is 8.77. The van der Waals surface area contributed by atoms with Crippen molar-refractivity contribution >= 4 is 29.3 Å². The largest absolute Gasteiger partial charge is 0.486 e. The van der Waals surface area contributed by atoms with Crippen molar-refractivity contribution in [2.75, 3.05) is 18.8 Å². The van der Waals surface area contributed by atoms with Gasteiger partial charge in [0.2, 0.25) is 11.1 Å². The molecule has 2 atom stereocenters. The molecule has 1 aliphatic heterocycles. The third-order valence-corrected chi connectivity index (χ3v) is 5.37. The maximum absolute atomic E-state index is 12.4. The van der Waals surface area contributed by atoms with E-state index in [4.69, 9.17) is 21.1 Å². The summed E-state index contributed by atoms with van der Waals surface area (Å²) in [5.74, 6) is 1.69. The average Bonchev–Trinajstić information content (AvgIpc) is 3.08. The second-order valence-electron chi connectivity index (χ2n) is 6.61. The number of aromatic nitrogens is 3. The molecule has 27 heavy (non-hydrogen) atoms. The van der Waals surface area contributed by atoms with Crippen molar-refractivity contribution in [3.63, 3.8) is 0 Å². The summed E-state index contributed by atoms with van der Waals surface area (Å²) in [7, 11) is 0. The summed E-state index contributed by atoms with van der Waals surface area (Å²) >= 11 is 7.32. The maximum Gasteiger partial charge on any atom is 0.233 e. The fourth-order valence-corrected chi connectivity index (χ4v) is 3.70. The number of amides is 1. The minimum absolute atomic E-state index is 0.0615. The fraction of sp³-hybridized carbons (Fsp3) is 0.500. The molecule has 2 aromatic rings. The zero-order valence-electron chi connectivity index (χ0n) is 15.6. The van der Waals surface area contributed by atoms with E-state index in [0.717, 1.165) is 5.56 Å². The van der Waals surface area contributed by atoms with Crippen molar-refractivity contribution in [2.24, 2.45) is 0 Å². The number of ether oxygens (including phenoxy) is 2. The number of carbonyl (C=O) groups is 1. The SMILES string of the molecule is Cc1cc(OCc2nc(SCC(=O)N3C[C@H](C)O[C@@H](C)C3)n[nH]2)ccc1Cl. The average molecular weight is 411 g/mol. The number of aryl methyl sites for hydroxylation is 1. The van der Waals surface area contributed by atoms with Crippen molar-refractivity contribution in [3.05, 3.63) is 34.6 Å². The molecule has 146 valence electrons. The maximum atomic E-state index is 12.4. The van der Waals surface area contributed by atoms with Crippen LogP contribution in [0.15, 0.2) is 23.4 Å². The van der Waals surface area contributed by atoms with Gasteiger partial charge in [0.15, 0.2) is 5.82 Å². The van der Waals surface area contributed by atoms with Crippen LogP contribution in [0.2, 0.25) is 5.02 Å². The number of nitrogens with zero attached hydrogens (tertiary/aromatic N) is 3. The molecule has 0 saturated carbocycles. The van der Waals surface area contributed by atoms with Crippen LogP contribution in [0.1, 0.15) is 25.2 Å². The topological polar surface area (TPSA) is 80.3 Å². The zero-order chi connectivity index (χ0) is 19.4. The van der Waals surface area contributed by atoms with E-state index >= 15 is 0 Å². The highest BCUT2D eigenvalue weighted by Crippen LogP contribution is 2.22. The van der Waals surface area contributed by atoms with Gasteiger partial charge in [-0.25, -0.2) is 4.98 Å². The lowest BCUT2D eigenvalue weighted by atomic mass is 10.2. The van der Waals surface area contributed by atoms with Crippen LogP contribution < -0.4 is 4.74 Å². The van der Waals surface area contributed by atoms with E-state index in [-0.39, 0.29) is 24.7 Å². The molecule has 2 heterocycles. The summed E-state index contributed by atoms with van der Waals surface area (Å²) in [6.07, 6.45) is 0.123. The molecule has 1 aliphatic rings. The summed E-state index contributed by atoms with van der Waals surface area (Å²) in [6.45, 7) is 7.39. The second kappa shape index (κ2) is 8.95. The van der Waals surface area contributed by atoms with Gasteiger partial charge in [-0.15, -0.1) is 5.10 Å². The molecule has 0 bridgehead atoms. The van der Waals surface area contributed by atoms with Crippen LogP contribution in [0.5, 0.6) is 5.75 Å². The molecular weight excluding hydrogens is 388 g/mol. The predicted molar refractivity (Wildman–Crippen MR) is 104 cm³/mol. The molecule has 1 aromatic heterocycles. The van der Waals surface area contributed by atoms with Gasteiger partial charge in [0, 0.05) is 18.1 Å². The van der Waals surface area contributed by atoms with Gasteiger partial charge in [-0.05, 0) is 44.5 Å². The third-order valence-electron chi connectivity index (χ3n) is 4.11. The number of halogens is 1. The third kappa shape index (κ3) is 5.60. The summed E-state index contributed by atoms with van der Waals surface area (Å²) in [5, 5.41) is 8.21. The fourth-order valence-electron chi connectivity index (χ4n) is 2.86. The minimum Gasteiger partial charge on any atom is -0.486 e. The minimum atomic E-state index is 0.0615. The molecule has 0 aliphatic carbocycles. The number of rotatable bonds is 6. The normalized spacial score (nSPS) is 19.9. The van der Waals surface area contributed by atoms with E-state index in [1.54, 1.807) is 6.07 Å². The number of morpholine rings is 1. The first-order chi connectivity index (χ1) is 12.9. The van der Waals surface area contributed by atoms with E-state index in [1.807, 2.05) is 37.8 Å². The van der Waals surface area contributed by atoms with Crippen LogP contribution in [0.3, 0.4) is 0 Å². The Morgan fingerprint density at radius 2 is 2.15 bits per heavy atom. The number of carbonyl (C=O) groups excluding carboxylic acids is 1. The van der Waals surface area contributed by atoms with E-state index in [2.05, 4.69) is 15.2 Å². The number of H-pyrrole nitrogens is 1. The molecule has 3 rings (SSSR count). The highest BCUT2D eigenvalue weighted by molar-refractivity contribution is 7.99. The van der Waals surface area contributed by atoms with Crippen molar-refractivity contribution in [1.82, 2.24) is 20.1 Å². The van der Waals surface area contributed by atoms with Crippen LogP contribution in [0.25, 0.3) is 0 Å². The quantitative estimate of drug-likeness (QED) is 0.737. The Morgan fingerprint density at radius 3 is 2.85 bits per heavy atom. The van der Waals surface area contributed by atoms with Gasteiger partial charge in [0.05, 0.1) is 18.0 Å². The van der Waals surface area contributed by atoms with Gasteiger partial charge >= 0.3 is 0 Å². The molecule has 0 spiro atoms. The first kappa shape index (κ1) is 20.0. The molecule has 9 heteroatoms. The predicted octanol–water partition coefficient (Wildman–Crippen LogP) is 3.07. The van der Waals surface area contributed by atoms with Crippen LogP contribution in [0.4, 0.5) is 0 Å². The highest BCUT2D eigenvalue weighted by atomic mass is 35.5. The van der Waals surface area contributed by atoms with Crippen molar-refractivity contribution in [3.8, 4) is 5.75 Å². The van der Waals surface area contributed by atoms with Gasteiger partial charge in [0.1, 0.15) is 12.4 Å². The molecule has 1 saturated heterocycles. The smallest absolute Gasteiger partial charge is 0.233 e. The first-order valence-corrected chi connectivity index (χ1v) is 10.1. The lowest BCUT2D eigenvalue weighted by molar-refractivity contribution is -0.140. The van der Waals surface area contributed by atoms with Gasteiger partial charge in [-0.3, -0.25) is 9.89 Å². The summed E-state index contributed by atoms with van der Waals surface area (Å²) in [6, 6.07) is 5.48. The molecule has 0 radical (unpaired) electrons. The number of nitrogens with one attached hydrogen (secondary N) is 1. The Morgan fingerprint density at radius 1 is 1.41 bits per heavy atom. The lowest BCUT2D eigenvalue weighted by Crippen LogP contribution is -2.48. The van der Waals surface area contributed by atoms with Crippen molar-refractivity contribution in [2.45, 2.75) is 44.7 Å². The summed E-state index contributed by atoms with van der Waals surface area (Å²) in [5.41, 5.74) is 0.952. The van der Waals surface area contributed by atoms with E-state index in [0.29, 0.717) is 40.6 Å². The Labute approximate surface area is 167 Å². The lowest BCUT2D eigenvalue weighted by Gasteiger charge is -2.35. The van der Waals surface area contributed by atoms with Crippen LogP contribution in [-0.4, -0.2) is 57.0 Å². The molecular formula is C18H23ClN4O3S. The summed E-state index contributed by atoms with van der Waals surface area (Å²) < 4.78 is 11.4. The van der Waals surface area contributed by atoms with Crippen LogP contribution in [-0.2, 0) is 16.1 Å². The number of thioether (sulfide) groups is 1. The molecule has 7 nitrogen and oxygen atoms in total. The van der Waals surface area contributed by atoms with E-state index in [1.165, 1.54) is 11.8 Å². The number of hydrogen-bond donors (Lipinski definition) is 1. The molecule has 1 aromatic carbocycles. The molecule has 1 fully saturated rings. The second-order valence-corrected chi connectivity index (χ2v) is 7.96. The van der Waals surface area contributed by atoms with Gasteiger partial charge < -0.3 is 14.4 Å². The highest BCUT2D eigenvalue weighted by Gasteiger charge is 2.25. The Hall–Kier alpha value is -1.77. The van der Waals surface area contributed by atoms with E-state index < -0.39 is 0 Å². The van der Waals surface area contributed by atoms with Crippen molar-refractivity contribution in [1.29, 1.82) is 0 Å². The number of aromatic amines is 1. The molecule has 1 amide bonds. The van der Waals surface area contributed by atoms with Gasteiger partial charge in [0.25, 0.3) is 0 Å². The summed E-state index contributed by atoms with van der Waals surface area (Å²) in [4.78, 5) is 18.6. The Bertz CT molecular complexity index is 791. The number of benzene rings is 1. The molecule has 0 unspecified atom stereocenters. The monoisotopic (exact) mass is 410 g/mol. The number of hydrogen-bond acceptors (Lipinski definition) is 6. The van der Waals surface area contributed by atoms with Crippen molar-refractivity contribution < 1.29 is 14.3 Å². The van der Waals surface area contributed by atoms with Gasteiger partial charge in [-0.2, -0.15) is 0 Å². The Kier molecular flexibility index (Phi) is 6.62. The zero-order valence-corrected chi connectivity index (χ0v) is 17.1. The van der Waals surface area contributed by atoms with Gasteiger partial charge in [-0.1, -0.05) is 23.4 Å². The standard InChI is InChI=1S/C18H23ClN4O3S/c1-11-6-14(4-5-15(11)19)25-9-16-20-18(22-21-16)27-10-17(24)23-7-12(2)26-13(3)8-23/h4-6,12-13H,7-10H2,1-3H3,(H,20,21,22)/t12-,13-/m0/s1.